The number of carbonyl (C=O) groups excluding carboxylic acids is 1. The van der Waals surface area contributed by atoms with Crippen molar-refractivity contribution in [3.05, 3.63) is 46.9 Å². The number of nitrogens with one attached hydrogen (secondary N) is 1. The fourth-order valence-electron chi connectivity index (χ4n) is 2.63. The number of fused-ring (bicyclic) bond motifs is 1. The molecule has 1 aliphatic heterocycles. The monoisotopic (exact) mass is 461 g/mol. The number of thioether (sulfide) groups is 1. The number of amides is 1. The van der Waals surface area contributed by atoms with Crippen LogP contribution < -0.4 is 20.6 Å². The second-order valence-electron chi connectivity index (χ2n) is 5.90. The van der Waals surface area contributed by atoms with Crippen molar-refractivity contribution in [2.75, 3.05) is 23.7 Å². The molecule has 0 bridgehead atoms. The molecule has 1 amide bonds. The zero-order valence-corrected chi connectivity index (χ0v) is 17.0. The van der Waals surface area contributed by atoms with Gasteiger partial charge in [-0.05, 0) is 24.3 Å². The summed E-state index contributed by atoms with van der Waals surface area (Å²) >= 11 is 4.80. The molecule has 28 heavy (non-hydrogen) atoms. The zero-order chi connectivity index (χ0) is 19.5. The van der Waals surface area contributed by atoms with Gasteiger partial charge < -0.3 is 20.6 Å². The van der Waals surface area contributed by atoms with E-state index in [-0.39, 0.29) is 12.7 Å². The summed E-state index contributed by atoms with van der Waals surface area (Å²) in [6.07, 6.45) is 0.304. The summed E-state index contributed by atoms with van der Waals surface area (Å²) < 4.78 is 12.9. The van der Waals surface area contributed by atoms with E-state index in [0.717, 1.165) is 10.0 Å². The molecule has 0 atom stereocenters. The molecular weight excluding hydrogens is 446 g/mol. The Hall–Kier alpha value is -2.72. The first kappa shape index (κ1) is 18.6. The summed E-state index contributed by atoms with van der Waals surface area (Å²) in [6.45, 7) is 0.199. The molecule has 0 spiro atoms. The minimum atomic E-state index is -0.110. The molecule has 0 aliphatic carbocycles. The van der Waals surface area contributed by atoms with Gasteiger partial charge in [-0.15, -0.1) is 10.2 Å². The molecule has 1 aliphatic rings. The summed E-state index contributed by atoms with van der Waals surface area (Å²) in [5.41, 5.74) is 1.52. The standard InChI is InChI=1S/C18H16BrN5O3S/c19-12-3-1-2-11(8-12)17-22-23-18(24(17)20)28-7-6-16(25)21-13-4-5-14-15(9-13)27-10-26-14/h1-5,8-9H,6-7,10,20H2,(H,21,25). The fourth-order valence-corrected chi connectivity index (χ4v) is 3.83. The van der Waals surface area contributed by atoms with Crippen molar-refractivity contribution in [3.8, 4) is 22.9 Å². The van der Waals surface area contributed by atoms with Crippen LogP contribution >= 0.6 is 27.7 Å². The number of benzene rings is 2. The number of aromatic nitrogens is 3. The first-order valence-corrected chi connectivity index (χ1v) is 10.2. The Bertz CT molecular complexity index is 1030. The van der Waals surface area contributed by atoms with Gasteiger partial charge in [0, 0.05) is 34.0 Å². The number of ether oxygens (including phenoxy) is 2. The number of rotatable bonds is 6. The van der Waals surface area contributed by atoms with E-state index in [0.29, 0.717) is 40.3 Å². The van der Waals surface area contributed by atoms with E-state index in [2.05, 4.69) is 31.4 Å². The molecule has 3 aromatic rings. The maximum Gasteiger partial charge on any atom is 0.231 e. The number of nitrogens with zero attached hydrogens (tertiary/aromatic N) is 3. The van der Waals surface area contributed by atoms with Crippen LogP contribution in [0.5, 0.6) is 11.5 Å². The summed E-state index contributed by atoms with van der Waals surface area (Å²) in [5.74, 6) is 8.39. The molecule has 0 saturated heterocycles. The van der Waals surface area contributed by atoms with Gasteiger partial charge in [-0.25, -0.2) is 4.68 Å². The molecule has 0 radical (unpaired) electrons. The number of anilines is 1. The second kappa shape index (κ2) is 8.11. The average Bonchev–Trinajstić information content (AvgIpc) is 3.28. The Morgan fingerprint density at radius 3 is 2.93 bits per heavy atom. The quantitative estimate of drug-likeness (QED) is 0.428. The van der Waals surface area contributed by atoms with Crippen molar-refractivity contribution in [2.24, 2.45) is 0 Å². The normalized spacial score (nSPS) is 12.2. The van der Waals surface area contributed by atoms with E-state index in [1.165, 1.54) is 16.4 Å². The highest BCUT2D eigenvalue weighted by Crippen LogP contribution is 2.34. The van der Waals surface area contributed by atoms with E-state index in [4.69, 9.17) is 15.3 Å². The van der Waals surface area contributed by atoms with Gasteiger partial charge in [0.1, 0.15) is 0 Å². The maximum atomic E-state index is 12.2. The number of hydrogen-bond acceptors (Lipinski definition) is 7. The molecular formula is C18H16BrN5O3S. The van der Waals surface area contributed by atoms with Gasteiger partial charge in [0.15, 0.2) is 17.3 Å². The largest absolute Gasteiger partial charge is 0.454 e. The first-order chi connectivity index (χ1) is 13.6. The third-order valence-electron chi connectivity index (χ3n) is 3.96. The molecule has 10 heteroatoms. The fraction of sp³-hybridized carbons (Fsp3) is 0.167. The van der Waals surface area contributed by atoms with Crippen LogP contribution in [0.15, 0.2) is 52.1 Å². The predicted octanol–water partition coefficient (Wildman–Crippen LogP) is 3.27. The lowest BCUT2D eigenvalue weighted by Gasteiger charge is -2.06. The van der Waals surface area contributed by atoms with Crippen molar-refractivity contribution in [1.82, 2.24) is 14.9 Å². The highest BCUT2D eigenvalue weighted by atomic mass is 79.9. The van der Waals surface area contributed by atoms with Crippen LogP contribution in [-0.4, -0.2) is 33.3 Å². The highest BCUT2D eigenvalue weighted by molar-refractivity contribution is 9.10. The van der Waals surface area contributed by atoms with Crippen LogP contribution in [0.3, 0.4) is 0 Å². The maximum absolute atomic E-state index is 12.2. The molecule has 0 saturated carbocycles. The first-order valence-electron chi connectivity index (χ1n) is 8.39. The minimum Gasteiger partial charge on any atom is -0.454 e. The SMILES string of the molecule is Nn1c(SCCC(=O)Nc2ccc3c(c2)OCO3)nnc1-c1cccc(Br)c1. The van der Waals surface area contributed by atoms with Gasteiger partial charge in [-0.2, -0.15) is 0 Å². The molecule has 4 rings (SSSR count). The Labute approximate surface area is 173 Å². The summed E-state index contributed by atoms with van der Waals surface area (Å²) in [5, 5.41) is 11.7. The summed E-state index contributed by atoms with van der Waals surface area (Å²) in [4.78, 5) is 12.2. The van der Waals surface area contributed by atoms with Crippen LogP contribution in [0.4, 0.5) is 5.69 Å². The Morgan fingerprint density at radius 2 is 2.07 bits per heavy atom. The number of hydrogen-bond donors (Lipinski definition) is 2. The smallest absolute Gasteiger partial charge is 0.231 e. The highest BCUT2D eigenvalue weighted by Gasteiger charge is 2.15. The number of nitrogen functional groups attached to an aromatic ring is 1. The van der Waals surface area contributed by atoms with Gasteiger partial charge in [0.25, 0.3) is 0 Å². The molecule has 8 nitrogen and oxygen atoms in total. The minimum absolute atomic E-state index is 0.110. The molecule has 0 unspecified atom stereocenters. The van der Waals surface area contributed by atoms with Gasteiger partial charge in [-0.3, -0.25) is 4.79 Å². The second-order valence-corrected chi connectivity index (χ2v) is 7.88. The van der Waals surface area contributed by atoms with E-state index < -0.39 is 0 Å². The zero-order valence-electron chi connectivity index (χ0n) is 14.6. The molecule has 3 N–H and O–H groups in total. The predicted molar refractivity (Wildman–Crippen MR) is 110 cm³/mol. The van der Waals surface area contributed by atoms with Crippen LogP contribution in [-0.2, 0) is 4.79 Å². The molecule has 144 valence electrons. The van der Waals surface area contributed by atoms with Gasteiger partial charge in [0.2, 0.25) is 17.9 Å². The lowest BCUT2D eigenvalue weighted by atomic mass is 10.2. The third-order valence-corrected chi connectivity index (χ3v) is 5.40. The average molecular weight is 462 g/mol. The number of halogens is 1. The van der Waals surface area contributed by atoms with Crippen molar-refractivity contribution in [2.45, 2.75) is 11.6 Å². The number of nitrogens with two attached hydrogens (primary N) is 1. The Morgan fingerprint density at radius 1 is 1.21 bits per heavy atom. The molecule has 1 aromatic heterocycles. The van der Waals surface area contributed by atoms with Crippen LogP contribution in [0.25, 0.3) is 11.4 Å². The van der Waals surface area contributed by atoms with Crippen LogP contribution in [0, 0.1) is 0 Å². The van der Waals surface area contributed by atoms with Crippen molar-refractivity contribution in [3.63, 3.8) is 0 Å². The van der Waals surface area contributed by atoms with E-state index in [1.54, 1.807) is 18.2 Å². The van der Waals surface area contributed by atoms with Crippen molar-refractivity contribution >= 4 is 39.3 Å². The van der Waals surface area contributed by atoms with Gasteiger partial charge >= 0.3 is 0 Å². The van der Waals surface area contributed by atoms with Crippen molar-refractivity contribution in [1.29, 1.82) is 0 Å². The van der Waals surface area contributed by atoms with Crippen LogP contribution in [0.1, 0.15) is 6.42 Å². The summed E-state index contributed by atoms with van der Waals surface area (Å²) in [7, 11) is 0. The van der Waals surface area contributed by atoms with Gasteiger partial charge in [0.05, 0.1) is 0 Å². The lowest BCUT2D eigenvalue weighted by molar-refractivity contribution is -0.115. The van der Waals surface area contributed by atoms with Crippen molar-refractivity contribution < 1.29 is 14.3 Å². The van der Waals surface area contributed by atoms with E-state index in [1.807, 2.05) is 24.3 Å². The molecule has 2 aromatic carbocycles. The molecule has 2 heterocycles. The van der Waals surface area contributed by atoms with E-state index in [9.17, 15) is 4.79 Å². The van der Waals surface area contributed by atoms with E-state index >= 15 is 0 Å². The van der Waals surface area contributed by atoms with Gasteiger partial charge in [-0.1, -0.05) is 39.8 Å². The summed E-state index contributed by atoms with van der Waals surface area (Å²) in [6, 6.07) is 12.9. The third kappa shape index (κ3) is 4.07. The molecule has 0 fully saturated rings. The van der Waals surface area contributed by atoms with Crippen LogP contribution in [0.2, 0.25) is 0 Å². The topological polar surface area (TPSA) is 104 Å². The Kier molecular flexibility index (Phi) is 5.40. The number of carbonyl (C=O) groups is 1. The lowest BCUT2D eigenvalue weighted by Crippen LogP contribution is -2.14. The Balaban J connectivity index is 1.32.